The van der Waals surface area contributed by atoms with Gasteiger partial charge in [0.05, 0.1) is 5.69 Å². The fourth-order valence-electron chi connectivity index (χ4n) is 4.29. The van der Waals surface area contributed by atoms with Crippen LogP contribution in [0.5, 0.6) is 0 Å². The molecule has 0 aliphatic carbocycles. The number of carbonyl (C=O) groups is 2. The molecule has 0 spiro atoms. The van der Waals surface area contributed by atoms with Gasteiger partial charge in [-0.3, -0.25) is 14.6 Å². The maximum absolute atomic E-state index is 14.3. The predicted octanol–water partition coefficient (Wildman–Crippen LogP) is 6.40. The standard InChI is InChI=1S/C29H35FN4O3/c1-6-7-20(11-13-37-5)25-14-22(17-32-27(25)33-18-35)24-16-23(9-8-19(24)2)34-28(36)21-10-12-31-26(15-21)29(3,4)30/h8-10,12,14-18,20H,6-7,11,13H2,1-5H3,(H,34,36)(H,32,33,35). The molecular formula is C29H35FN4O3. The second kappa shape index (κ2) is 12.5. The molecule has 196 valence electrons. The van der Waals surface area contributed by atoms with Gasteiger partial charge in [-0.05, 0) is 86.6 Å². The van der Waals surface area contributed by atoms with Gasteiger partial charge in [0.1, 0.15) is 11.5 Å². The molecule has 1 unspecified atom stereocenters. The van der Waals surface area contributed by atoms with Crippen molar-refractivity contribution in [3.63, 3.8) is 0 Å². The quantitative estimate of drug-likeness (QED) is 0.277. The molecule has 2 heterocycles. The van der Waals surface area contributed by atoms with Crippen molar-refractivity contribution in [2.24, 2.45) is 0 Å². The molecule has 0 aliphatic heterocycles. The third-order valence-corrected chi connectivity index (χ3v) is 6.30. The average molecular weight is 507 g/mol. The number of halogens is 1. The molecule has 37 heavy (non-hydrogen) atoms. The van der Waals surface area contributed by atoms with Crippen LogP contribution >= 0.6 is 0 Å². The van der Waals surface area contributed by atoms with Gasteiger partial charge in [-0.2, -0.15) is 0 Å². The zero-order valence-corrected chi connectivity index (χ0v) is 22.1. The molecule has 3 rings (SSSR count). The molecule has 0 bridgehead atoms. The number of amides is 2. The second-order valence-corrected chi connectivity index (χ2v) is 9.58. The fraction of sp³-hybridized carbons (Fsp3) is 0.379. The van der Waals surface area contributed by atoms with Crippen LogP contribution in [0, 0.1) is 6.92 Å². The van der Waals surface area contributed by atoms with E-state index in [1.807, 2.05) is 25.1 Å². The van der Waals surface area contributed by atoms with E-state index in [1.165, 1.54) is 26.1 Å². The molecule has 2 N–H and O–H groups in total. The number of carbonyl (C=O) groups excluding carboxylic acids is 2. The molecule has 0 saturated heterocycles. The number of aromatic nitrogens is 2. The number of benzene rings is 1. The molecule has 0 aliphatic rings. The Morgan fingerprint density at radius 1 is 1.16 bits per heavy atom. The average Bonchev–Trinajstić information content (AvgIpc) is 2.88. The van der Waals surface area contributed by atoms with Crippen LogP contribution in [0.4, 0.5) is 15.9 Å². The van der Waals surface area contributed by atoms with Gasteiger partial charge in [0.15, 0.2) is 0 Å². The van der Waals surface area contributed by atoms with Gasteiger partial charge in [0, 0.05) is 42.9 Å². The van der Waals surface area contributed by atoms with Crippen molar-refractivity contribution in [2.75, 3.05) is 24.4 Å². The summed E-state index contributed by atoms with van der Waals surface area (Å²) in [6.07, 6.45) is 6.52. The Morgan fingerprint density at radius 3 is 2.62 bits per heavy atom. The Labute approximate surface area is 217 Å². The Bertz CT molecular complexity index is 1240. The highest BCUT2D eigenvalue weighted by Gasteiger charge is 2.22. The first-order valence-corrected chi connectivity index (χ1v) is 12.4. The lowest BCUT2D eigenvalue weighted by molar-refractivity contribution is -0.105. The van der Waals surface area contributed by atoms with E-state index in [4.69, 9.17) is 4.74 Å². The van der Waals surface area contributed by atoms with Crippen molar-refractivity contribution >= 4 is 23.8 Å². The first-order chi connectivity index (χ1) is 17.7. The molecular weight excluding hydrogens is 471 g/mol. The summed E-state index contributed by atoms with van der Waals surface area (Å²) in [5.74, 6) is 0.359. The van der Waals surface area contributed by atoms with Crippen molar-refractivity contribution in [2.45, 2.75) is 58.5 Å². The van der Waals surface area contributed by atoms with Gasteiger partial charge in [-0.1, -0.05) is 19.4 Å². The molecule has 2 amide bonds. The van der Waals surface area contributed by atoms with Crippen LogP contribution in [0.3, 0.4) is 0 Å². The number of nitrogens with zero attached hydrogens (tertiary/aromatic N) is 2. The highest BCUT2D eigenvalue weighted by molar-refractivity contribution is 6.04. The number of aryl methyl sites for hydroxylation is 1. The van der Waals surface area contributed by atoms with Crippen LogP contribution in [-0.2, 0) is 15.2 Å². The summed E-state index contributed by atoms with van der Waals surface area (Å²) in [5, 5.41) is 5.64. The monoisotopic (exact) mass is 506 g/mol. The largest absolute Gasteiger partial charge is 0.385 e. The van der Waals surface area contributed by atoms with Gasteiger partial charge in [-0.25, -0.2) is 9.37 Å². The zero-order chi connectivity index (χ0) is 27.0. The number of anilines is 2. The number of nitrogens with one attached hydrogen (secondary N) is 2. The van der Waals surface area contributed by atoms with Crippen molar-refractivity contribution in [3.05, 3.63) is 71.2 Å². The lowest BCUT2D eigenvalue weighted by atomic mass is 9.89. The summed E-state index contributed by atoms with van der Waals surface area (Å²) >= 11 is 0. The summed E-state index contributed by atoms with van der Waals surface area (Å²) in [5.41, 5.74) is 3.22. The minimum atomic E-state index is -1.65. The lowest BCUT2D eigenvalue weighted by Crippen LogP contribution is -2.16. The lowest BCUT2D eigenvalue weighted by Gasteiger charge is -2.20. The third-order valence-electron chi connectivity index (χ3n) is 6.30. The molecule has 0 fully saturated rings. The number of hydrogen-bond donors (Lipinski definition) is 2. The fourth-order valence-corrected chi connectivity index (χ4v) is 4.29. The number of alkyl halides is 1. The van der Waals surface area contributed by atoms with E-state index in [2.05, 4.69) is 33.6 Å². The molecule has 1 aromatic carbocycles. The maximum atomic E-state index is 14.3. The van der Waals surface area contributed by atoms with Crippen LogP contribution in [0.15, 0.2) is 48.8 Å². The van der Waals surface area contributed by atoms with Gasteiger partial charge >= 0.3 is 0 Å². The van der Waals surface area contributed by atoms with Crippen LogP contribution in [0.25, 0.3) is 11.1 Å². The van der Waals surface area contributed by atoms with E-state index >= 15 is 0 Å². The topological polar surface area (TPSA) is 93.2 Å². The maximum Gasteiger partial charge on any atom is 0.255 e. The summed E-state index contributed by atoms with van der Waals surface area (Å²) < 4.78 is 19.6. The number of methoxy groups -OCH3 is 1. The first-order valence-electron chi connectivity index (χ1n) is 12.4. The van der Waals surface area contributed by atoms with Crippen molar-refractivity contribution in [1.29, 1.82) is 0 Å². The second-order valence-electron chi connectivity index (χ2n) is 9.58. The molecule has 3 aromatic rings. The normalized spacial score (nSPS) is 12.2. The molecule has 8 heteroatoms. The molecule has 0 saturated carbocycles. The van der Waals surface area contributed by atoms with Crippen molar-refractivity contribution < 1.29 is 18.7 Å². The highest BCUT2D eigenvalue weighted by Crippen LogP contribution is 2.35. The van der Waals surface area contributed by atoms with E-state index in [9.17, 15) is 14.0 Å². The highest BCUT2D eigenvalue weighted by atomic mass is 19.1. The smallest absolute Gasteiger partial charge is 0.255 e. The van der Waals surface area contributed by atoms with Gasteiger partial charge in [0.25, 0.3) is 5.91 Å². The van der Waals surface area contributed by atoms with E-state index in [-0.39, 0.29) is 17.5 Å². The third kappa shape index (κ3) is 7.20. The SMILES string of the molecule is CCCC(CCOC)c1cc(-c2cc(NC(=O)c3ccnc(C(C)(C)F)c3)ccc2C)cnc1NC=O. The Hall–Kier alpha value is -3.65. The van der Waals surface area contributed by atoms with Gasteiger partial charge in [0.2, 0.25) is 6.41 Å². The van der Waals surface area contributed by atoms with E-state index in [0.717, 1.165) is 41.5 Å². The Kier molecular flexibility index (Phi) is 9.47. The van der Waals surface area contributed by atoms with Crippen LogP contribution in [0.2, 0.25) is 0 Å². The summed E-state index contributed by atoms with van der Waals surface area (Å²) in [4.78, 5) is 32.8. The summed E-state index contributed by atoms with van der Waals surface area (Å²) in [6.45, 7) is 7.53. The van der Waals surface area contributed by atoms with Crippen LogP contribution in [0.1, 0.15) is 73.1 Å². The summed E-state index contributed by atoms with van der Waals surface area (Å²) in [6, 6.07) is 10.7. The number of rotatable bonds is 12. The summed E-state index contributed by atoms with van der Waals surface area (Å²) in [7, 11) is 1.68. The van der Waals surface area contributed by atoms with Crippen molar-refractivity contribution in [1.82, 2.24) is 9.97 Å². The van der Waals surface area contributed by atoms with E-state index in [1.54, 1.807) is 19.4 Å². The molecule has 1 atom stereocenters. The van der Waals surface area contributed by atoms with Crippen LogP contribution < -0.4 is 10.6 Å². The minimum absolute atomic E-state index is 0.170. The molecule has 0 radical (unpaired) electrons. The van der Waals surface area contributed by atoms with Gasteiger partial charge in [-0.15, -0.1) is 0 Å². The predicted molar refractivity (Wildman–Crippen MR) is 145 cm³/mol. The molecule has 7 nitrogen and oxygen atoms in total. The van der Waals surface area contributed by atoms with Gasteiger partial charge < -0.3 is 15.4 Å². The van der Waals surface area contributed by atoms with Crippen molar-refractivity contribution in [3.8, 4) is 11.1 Å². The Balaban J connectivity index is 1.95. The van der Waals surface area contributed by atoms with E-state index in [0.29, 0.717) is 30.1 Å². The van der Waals surface area contributed by atoms with E-state index < -0.39 is 5.67 Å². The zero-order valence-electron chi connectivity index (χ0n) is 22.1. The number of hydrogen-bond acceptors (Lipinski definition) is 5. The van der Waals surface area contributed by atoms with Crippen LogP contribution in [-0.4, -0.2) is 36.0 Å². The molecule has 2 aromatic heterocycles. The first kappa shape index (κ1) is 27.9. The Morgan fingerprint density at radius 2 is 1.95 bits per heavy atom. The minimum Gasteiger partial charge on any atom is -0.385 e. The number of ether oxygens (including phenoxy) is 1. The number of pyridine rings is 2.